The first-order valence-corrected chi connectivity index (χ1v) is 9.95. The van der Waals surface area contributed by atoms with Crippen LogP contribution in [0, 0.1) is 6.92 Å². The molecule has 2 heterocycles. The molecule has 2 aromatic heterocycles. The highest BCUT2D eigenvalue weighted by Gasteiger charge is 2.11. The zero-order valence-electron chi connectivity index (χ0n) is 16.2. The van der Waals surface area contributed by atoms with Gasteiger partial charge in [-0.05, 0) is 43.7 Å². The lowest BCUT2D eigenvalue weighted by molar-refractivity contribution is -0.119. The van der Waals surface area contributed by atoms with Gasteiger partial charge < -0.3 is 20.1 Å². The van der Waals surface area contributed by atoms with E-state index in [0.29, 0.717) is 24.8 Å². The van der Waals surface area contributed by atoms with Crippen molar-refractivity contribution in [3.05, 3.63) is 41.0 Å². The molecule has 0 aliphatic carbocycles. The molecule has 0 unspecified atom stereocenters. The van der Waals surface area contributed by atoms with Crippen LogP contribution in [0.15, 0.2) is 30.3 Å². The highest BCUT2D eigenvalue weighted by Crippen LogP contribution is 2.29. The van der Waals surface area contributed by atoms with Gasteiger partial charge in [0.25, 0.3) is 0 Å². The van der Waals surface area contributed by atoms with Crippen molar-refractivity contribution in [2.24, 2.45) is 0 Å². The van der Waals surface area contributed by atoms with Gasteiger partial charge in [-0.1, -0.05) is 6.92 Å². The maximum absolute atomic E-state index is 12.1. The van der Waals surface area contributed by atoms with Crippen molar-refractivity contribution in [3.8, 4) is 11.5 Å². The number of carbonyl (C=O) groups excluding carboxylic acids is 1. The van der Waals surface area contributed by atoms with Gasteiger partial charge in [-0.15, -0.1) is 11.3 Å². The van der Waals surface area contributed by atoms with E-state index in [0.717, 1.165) is 28.1 Å². The molecule has 7 nitrogen and oxygen atoms in total. The van der Waals surface area contributed by atoms with E-state index in [1.54, 1.807) is 18.4 Å². The van der Waals surface area contributed by atoms with Crippen molar-refractivity contribution in [2.75, 3.05) is 32.1 Å². The second-order valence-electron chi connectivity index (χ2n) is 6.13. The molecule has 1 amide bonds. The largest absolute Gasteiger partial charge is 0.497 e. The third-order valence-electron chi connectivity index (χ3n) is 4.07. The Bertz CT molecular complexity index is 941. The molecule has 28 heavy (non-hydrogen) atoms. The molecule has 0 radical (unpaired) electrons. The molecular formula is C20H24N4O3S. The number of anilines is 1. The fourth-order valence-corrected chi connectivity index (χ4v) is 3.66. The van der Waals surface area contributed by atoms with Gasteiger partial charge in [-0.2, -0.15) is 0 Å². The summed E-state index contributed by atoms with van der Waals surface area (Å²) < 4.78 is 10.7. The normalized spacial score (nSPS) is 10.7. The van der Waals surface area contributed by atoms with Gasteiger partial charge in [0.05, 0.1) is 25.6 Å². The SMILES string of the molecule is CCc1cc2c(NCC(=O)NCCOc3ccc(OC)cc3)nc(C)nc2s1. The van der Waals surface area contributed by atoms with Crippen LogP contribution in [0.25, 0.3) is 10.2 Å². The summed E-state index contributed by atoms with van der Waals surface area (Å²) in [6.07, 6.45) is 0.953. The van der Waals surface area contributed by atoms with Crippen LogP contribution >= 0.6 is 11.3 Å². The van der Waals surface area contributed by atoms with E-state index in [9.17, 15) is 4.79 Å². The number of aryl methyl sites for hydroxylation is 2. The van der Waals surface area contributed by atoms with Gasteiger partial charge in [0.2, 0.25) is 5.91 Å². The predicted molar refractivity (Wildman–Crippen MR) is 112 cm³/mol. The number of carbonyl (C=O) groups is 1. The van der Waals surface area contributed by atoms with Gasteiger partial charge in [-0.25, -0.2) is 9.97 Å². The molecule has 0 spiro atoms. The molecule has 148 valence electrons. The zero-order valence-corrected chi connectivity index (χ0v) is 17.1. The van der Waals surface area contributed by atoms with Crippen LogP contribution in [-0.2, 0) is 11.2 Å². The molecule has 0 aliphatic heterocycles. The van der Waals surface area contributed by atoms with E-state index < -0.39 is 0 Å². The minimum absolute atomic E-state index is 0.117. The second kappa shape index (κ2) is 9.36. The van der Waals surface area contributed by atoms with Crippen LogP contribution in [0.1, 0.15) is 17.6 Å². The number of benzene rings is 1. The van der Waals surface area contributed by atoms with Gasteiger partial charge in [0.1, 0.15) is 34.6 Å². The first-order chi connectivity index (χ1) is 13.6. The number of aromatic nitrogens is 2. The molecule has 0 fully saturated rings. The van der Waals surface area contributed by atoms with Crippen LogP contribution < -0.4 is 20.1 Å². The average molecular weight is 401 g/mol. The molecule has 3 rings (SSSR count). The van der Waals surface area contributed by atoms with Crippen LogP contribution in [0.5, 0.6) is 11.5 Å². The molecule has 0 saturated carbocycles. The number of nitrogens with zero attached hydrogens (tertiary/aromatic N) is 2. The van der Waals surface area contributed by atoms with E-state index in [2.05, 4.69) is 33.6 Å². The predicted octanol–water partition coefficient (Wildman–Crippen LogP) is 3.18. The first kappa shape index (κ1) is 19.9. The summed E-state index contributed by atoms with van der Waals surface area (Å²) in [5, 5.41) is 6.92. The third-order valence-corrected chi connectivity index (χ3v) is 5.25. The summed E-state index contributed by atoms with van der Waals surface area (Å²) in [7, 11) is 1.62. The summed E-state index contributed by atoms with van der Waals surface area (Å²) in [6, 6.07) is 9.41. The van der Waals surface area contributed by atoms with E-state index in [-0.39, 0.29) is 12.5 Å². The number of amides is 1. The second-order valence-corrected chi connectivity index (χ2v) is 7.25. The van der Waals surface area contributed by atoms with Crippen molar-refractivity contribution < 1.29 is 14.3 Å². The lowest BCUT2D eigenvalue weighted by atomic mass is 10.3. The summed E-state index contributed by atoms with van der Waals surface area (Å²) in [5.41, 5.74) is 0. The van der Waals surface area contributed by atoms with Gasteiger partial charge >= 0.3 is 0 Å². The summed E-state index contributed by atoms with van der Waals surface area (Å²) in [5.74, 6) is 2.78. The minimum Gasteiger partial charge on any atom is -0.497 e. The van der Waals surface area contributed by atoms with Crippen molar-refractivity contribution in [1.29, 1.82) is 0 Å². The summed E-state index contributed by atoms with van der Waals surface area (Å²) in [4.78, 5) is 23.2. The molecule has 8 heteroatoms. The Hall–Kier alpha value is -2.87. The van der Waals surface area contributed by atoms with E-state index in [4.69, 9.17) is 9.47 Å². The molecule has 0 atom stereocenters. The summed E-state index contributed by atoms with van der Waals surface area (Å²) >= 11 is 1.66. The lowest BCUT2D eigenvalue weighted by Crippen LogP contribution is -2.33. The zero-order chi connectivity index (χ0) is 19.9. The summed E-state index contributed by atoms with van der Waals surface area (Å²) in [6.45, 7) is 4.92. The molecule has 2 N–H and O–H groups in total. The fraction of sp³-hybridized carbons (Fsp3) is 0.350. The average Bonchev–Trinajstić information content (AvgIpc) is 3.13. The Kier molecular flexibility index (Phi) is 6.65. The molecule has 0 aliphatic rings. The van der Waals surface area contributed by atoms with Crippen LogP contribution in [-0.4, -0.2) is 42.7 Å². The number of hydrogen-bond donors (Lipinski definition) is 2. The molecular weight excluding hydrogens is 376 g/mol. The van der Waals surface area contributed by atoms with Gasteiger partial charge in [0, 0.05) is 4.88 Å². The number of nitrogens with one attached hydrogen (secondary N) is 2. The Balaban J connectivity index is 1.46. The first-order valence-electron chi connectivity index (χ1n) is 9.13. The molecule has 1 aromatic carbocycles. The number of thiophene rings is 1. The van der Waals surface area contributed by atoms with E-state index in [1.165, 1.54) is 4.88 Å². The van der Waals surface area contributed by atoms with Gasteiger partial charge in [0.15, 0.2) is 0 Å². The minimum atomic E-state index is -0.117. The number of hydrogen-bond acceptors (Lipinski definition) is 7. The third kappa shape index (κ3) is 5.10. The maximum atomic E-state index is 12.1. The standard InChI is InChI=1S/C20H24N4O3S/c1-4-16-11-17-19(23-13(2)24-20(17)28-16)22-12-18(25)21-9-10-27-15-7-5-14(26-3)6-8-15/h5-8,11H,4,9-10,12H2,1-3H3,(H,21,25)(H,22,23,24). The lowest BCUT2D eigenvalue weighted by Gasteiger charge is -2.10. The monoisotopic (exact) mass is 400 g/mol. The highest BCUT2D eigenvalue weighted by molar-refractivity contribution is 7.18. The van der Waals surface area contributed by atoms with Crippen LogP contribution in [0.2, 0.25) is 0 Å². The number of fused-ring (bicyclic) bond motifs is 1. The molecule has 0 saturated heterocycles. The molecule has 3 aromatic rings. The van der Waals surface area contributed by atoms with Crippen LogP contribution in [0.4, 0.5) is 5.82 Å². The van der Waals surface area contributed by atoms with Crippen molar-refractivity contribution >= 4 is 33.3 Å². The van der Waals surface area contributed by atoms with E-state index in [1.807, 2.05) is 31.2 Å². The highest BCUT2D eigenvalue weighted by atomic mass is 32.1. The van der Waals surface area contributed by atoms with E-state index >= 15 is 0 Å². The van der Waals surface area contributed by atoms with Crippen molar-refractivity contribution in [3.63, 3.8) is 0 Å². The maximum Gasteiger partial charge on any atom is 0.239 e. The Labute approximate surface area is 168 Å². The number of ether oxygens (including phenoxy) is 2. The van der Waals surface area contributed by atoms with Crippen molar-refractivity contribution in [2.45, 2.75) is 20.3 Å². The quantitative estimate of drug-likeness (QED) is 0.537. The smallest absolute Gasteiger partial charge is 0.239 e. The molecule has 0 bridgehead atoms. The van der Waals surface area contributed by atoms with Gasteiger partial charge in [-0.3, -0.25) is 4.79 Å². The fourth-order valence-electron chi connectivity index (χ4n) is 2.64. The Morgan fingerprint density at radius 2 is 1.93 bits per heavy atom. The van der Waals surface area contributed by atoms with Crippen LogP contribution in [0.3, 0.4) is 0 Å². The Morgan fingerprint density at radius 3 is 2.64 bits per heavy atom. The number of rotatable bonds is 9. The topological polar surface area (TPSA) is 85.4 Å². The number of methoxy groups -OCH3 is 1. The Morgan fingerprint density at radius 1 is 1.18 bits per heavy atom. The van der Waals surface area contributed by atoms with Crippen molar-refractivity contribution in [1.82, 2.24) is 15.3 Å².